The van der Waals surface area contributed by atoms with Gasteiger partial charge in [0.05, 0.1) is 0 Å². The molecule has 0 radical (unpaired) electrons. The zero-order chi connectivity index (χ0) is 22.5. The van der Waals surface area contributed by atoms with Crippen LogP contribution in [0.15, 0.2) is 60.7 Å². The minimum atomic E-state index is 0. The first-order valence-corrected chi connectivity index (χ1v) is 11.1. The summed E-state index contributed by atoms with van der Waals surface area (Å²) < 4.78 is 0. The van der Waals surface area contributed by atoms with Gasteiger partial charge in [-0.1, -0.05) is 172 Å². The van der Waals surface area contributed by atoms with E-state index < -0.39 is 0 Å². The predicted octanol–water partition coefficient (Wildman–Crippen LogP) is 13.7. The van der Waals surface area contributed by atoms with Crippen molar-refractivity contribution in [2.24, 2.45) is 0 Å². The fourth-order valence-corrected chi connectivity index (χ4v) is 2.24. The first-order chi connectivity index (χ1) is 13.6. The second-order valence-electron chi connectivity index (χ2n) is 5.40. The summed E-state index contributed by atoms with van der Waals surface area (Å²) in [4.78, 5) is 0. The van der Waals surface area contributed by atoms with Crippen molar-refractivity contribution in [3.63, 3.8) is 0 Å². The Morgan fingerprint density at radius 2 is 0.529 bits per heavy atom. The molecule has 0 spiro atoms. The number of hydrogen-bond acceptors (Lipinski definition) is 0. The predicted molar refractivity (Wildman–Crippen MR) is 175 cm³/mol. The standard InChI is InChI=1S/C12H12.C8H10.4C2H6.6CH4/c1-9-7-8-10(2)12-6-4-3-5-11(9)12;1-7-3-5-8(2)6-4-7;4*1-2;;;;;;/h3-8H,1-2H3;3-6H,1-2H3;4*1-2H3;6*1H4. The highest BCUT2D eigenvalue weighted by Crippen LogP contribution is 2.21. The Bertz CT molecular complexity index is 629. The molecule has 0 amide bonds. The fraction of sp³-hybridized carbons (Fsp3) is 0.529. The van der Waals surface area contributed by atoms with Crippen LogP contribution in [0.2, 0.25) is 0 Å². The van der Waals surface area contributed by atoms with Gasteiger partial charge < -0.3 is 0 Å². The zero-order valence-corrected chi connectivity index (χ0v) is 20.8. The second-order valence-corrected chi connectivity index (χ2v) is 5.40. The van der Waals surface area contributed by atoms with Gasteiger partial charge >= 0.3 is 0 Å². The minimum absolute atomic E-state index is 0. The Hall–Kier alpha value is -2.08. The fourth-order valence-electron chi connectivity index (χ4n) is 2.24. The van der Waals surface area contributed by atoms with Crippen molar-refractivity contribution >= 4 is 10.8 Å². The zero-order valence-electron chi connectivity index (χ0n) is 20.8. The van der Waals surface area contributed by atoms with Crippen molar-refractivity contribution in [1.29, 1.82) is 0 Å². The quantitative estimate of drug-likeness (QED) is 0.301. The summed E-state index contributed by atoms with van der Waals surface area (Å²) in [7, 11) is 0. The van der Waals surface area contributed by atoms with Gasteiger partial charge in [0.15, 0.2) is 0 Å². The van der Waals surface area contributed by atoms with Gasteiger partial charge in [0.2, 0.25) is 0 Å². The Kier molecular flexibility index (Phi) is 70.4. The van der Waals surface area contributed by atoms with E-state index in [0.29, 0.717) is 0 Å². The highest BCUT2D eigenvalue weighted by molar-refractivity contribution is 5.88. The van der Waals surface area contributed by atoms with Crippen LogP contribution in [0.4, 0.5) is 0 Å². The number of hydrogen-bond donors (Lipinski definition) is 0. The van der Waals surface area contributed by atoms with Gasteiger partial charge in [-0.2, -0.15) is 0 Å². The van der Waals surface area contributed by atoms with Crippen LogP contribution in [0.3, 0.4) is 0 Å². The van der Waals surface area contributed by atoms with Gasteiger partial charge in [-0.15, -0.1) is 0 Å². The molecule has 3 aromatic carbocycles. The maximum Gasteiger partial charge on any atom is -0.0152 e. The lowest BCUT2D eigenvalue weighted by Crippen LogP contribution is -1.80. The Labute approximate surface area is 221 Å². The molecule has 3 rings (SSSR count). The van der Waals surface area contributed by atoms with E-state index in [0.717, 1.165) is 0 Å². The van der Waals surface area contributed by atoms with Gasteiger partial charge in [-0.3, -0.25) is 0 Å². The lowest BCUT2D eigenvalue weighted by atomic mass is 10.0. The van der Waals surface area contributed by atoms with Gasteiger partial charge in [-0.25, -0.2) is 0 Å². The van der Waals surface area contributed by atoms with Crippen molar-refractivity contribution in [3.8, 4) is 0 Å². The third kappa shape index (κ3) is 24.6. The van der Waals surface area contributed by atoms with Crippen molar-refractivity contribution in [2.45, 2.75) is 128 Å². The van der Waals surface area contributed by atoms with E-state index in [2.05, 4.69) is 88.4 Å². The molecule has 0 aliphatic carbocycles. The molecule has 0 aromatic heterocycles. The van der Waals surface area contributed by atoms with E-state index in [4.69, 9.17) is 0 Å². The molecule has 0 N–H and O–H groups in total. The van der Waals surface area contributed by atoms with Crippen LogP contribution < -0.4 is 0 Å². The number of rotatable bonds is 0. The average molecular weight is 479 g/mol. The van der Waals surface area contributed by atoms with Crippen LogP contribution in [-0.2, 0) is 0 Å². The summed E-state index contributed by atoms with van der Waals surface area (Å²) in [5.74, 6) is 0. The van der Waals surface area contributed by atoms with Gasteiger partial charge in [-0.05, 0) is 49.6 Å². The SMILES string of the molecule is C.C.C.C.C.C.CC.CC.CC.CC.Cc1ccc(C)c2ccccc12.Cc1ccc(C)cc1. The van der Waals surface area contributed by atoms with Crippen LogP contribution in [-0.4, -0.2) is 0 Å². The Balaban J connectivity index is -0.0000000366. The van der Waals surface area contributed by atoms with Crippen LogP contribution in [0.5, 0.6) is 0 Å². The summed E-state index contributed by atoms with van der Waals surface area (Å²) in [6.07, 6.45) is 0. The highest BCUT2D eigenvalue weighted by Gasteiger charge is 1.97. The molecule has 0 heteroatoms. The van der Waals surface area contributed by atoms with E-state index in [1.165, 1.54) is 33.0 Å². The minimum Gasteiger partial charge on any atom is -0.0776 e. The van der Waals surface area contributed by atoms with Crippen LogP contribution >= 0.6 is 0 Å². The van der Waals surface area contributed by atoms with Crippen molar-refractivity contribution in [1.82, 2.24) is 0 Å². The monoisotopic (exact) mass is 479 g/mol. The maximum atomic E-state index is 2.18. The summed E-state index contributed by atoms with van der Waals surface area (Å²) in [6.45, 7) is 24.5. The summed E-state index contributed by atoms with van der Waals surface area (Å²) >= 11 is 0. The van der Waals surface area contributed by atoms with E-state index >= 15 is 0 Å². The van der Waals surface area contributed by atoms with E-state index in [-0.39, 0.29) is 44.6 Å². The van der Waals surface area contributed by atoms with E-state index in [9.17, 15) is 0 Å². The highest BCUT2D eigenvalue weighted by atomic mass is 14.0. The number of benzene rings is 3. The van der Waals surface area contributed by atoms with Crippen LogP contribution in [0, 0.1) is 27.7 Å². The lowest BCUT2D eigenvalue weighted by Gasteiger charge is -2.03. The average Bonchev–Trinajstić information content (AvgIpc) is 2.79. The van der Waals surface area contributed by atoms with E-state index in [1.807, 2.05) is 55.4 Å². The molecule has 206 valence electrons. The second kappa shape index (κ2) is 41.2. The molecule has 0 aliphatic rings. The lowest BCUT2D eigenvalue weighted by molar-refractivity contribution is 1.40. The summed E-state index contributed by atoms with van der Waals surface area (Å²) in [6, 6.07) is 21.4. The number of fused-ring (bicyclic) bond motifs is 1. The molecule has 0 bridgehead atoms. The molecule has 0 aliphatic heterocycles. The van der Waals surface area contributed by atoms with Crippen LogP contribution in [0.1, 0.15) is 122 Å². The van der Waals surface area contributed by atoms with Gasteiger partial charge in [0.1, 0.15) is 0 Å². The summed E-state index contributed by atoms with van der Waals surface area (Å²) in [5, 5.41) is 2.75. The molecule has 34 heavy (non-hydrogen) atoms. The Morgan fingerprint density at radius 1 is 0.324 bits per heavy atom. The van der Waals surface area contributed by atoms with Crippen molar-refractivity contribution in [2.75, 3.05) is 0 Å². The van der Waals surface area contributed by atoms with Crippen molar-refractivity contribution in [3.05, 3.63) is 82.9 Å². The van der Waals surface area contributed by atoms with Gasteiger partial charge in [0, 0.05) is 0 Å². The topological polar surface area (TPSA) is 0 Å². The molecule has 0 unspecified atom stereocenters. The third-order valence-electron chi connectivity index (χ3n) is 3.58. The van der Waals surface area contributed by atoms with Gasteiger partial charge in [0.25, 0.3) is 0 Å². The normalized spacial score (nSPS) is 6.59. The molecular weight excluding hydrogens is 408 g/mol. The summed E-state index contributed by atoms with van der Waals surface area (Å²) in [5.41, 5.74) is 5.37. The molecule has 0 saturated heterocycles. The molecule has 0 fully saturated rings. The molecule has 0 nitrogen and oxygen atoms in total. The van der Waals surface area contributed by atoms with Crippen molar-refractivity contribution < 1.29 is 0 Å². The molecular formula is C34H70. The first kappa shape index (κ1) is 58.1. The largest absolute Gasteiger partial charge is 0.0776 e. The van der Waals surface area contributed by atoms with E-state index in [1.54, 1.807) is 0 Å². The molecule has 3 aromatic rings. The molecule has 0 heterocycles. The third-order valence-corrected chi connectivity index (χ3v) is 3.58. The Morgan fingerprint density at radius 3 is 0.735 bits per heavy atom. The maximum absolute atomic E-state index is 2.18. The first-order valence-electron chi connectivity index (χ1n) is 11.1. The van der Waals surface area contributed by atoms with Crippen LogP contribution in [0.25, 0.3) is 10.8 Å². The molecule has 0 saturated carbocycles. The number of aryl methyl sites for hydroxylation is 4. The molecule has 0 atom stereocenters. The smallest absolute Gasteiger partial charge is 0.0152 e.